The van der Waals surface area contributed by atoms with Crippen molar-refractivity contribution in [2.24, 2.45) is 0 Å². The third kappa shape index (κ3) is 3.89. The van der Waals surface area contributed by atoms with E-state index in [1.165, 1.54) is 5.56 Å². The van der Waals surface area contributed by atoms with Crippen LogP contribution in [0.5, 0.6) is 17.2 Å². The van der Waals surface area contributed by atoms with Gasteiger partial charge in [-0.15, -0.1) is 0 Å². The molecule has 2 aromatic rings. The van der Waals surface area contributed by atoms with E-state index in [2.05, 4.69) is 5.32 Å². The van der Waals surface area contributed by atoms with Crippen LogP contribution in [0.15, 0.2) is 42.5 Å². The molecule has 0 saturated heterocycles. The van der Waals surface area contributed by atoms with Crippen molar-refractivity contribution >= 4 is 17.3 Å². The molecule has 0 saturated carbocycles. The molecule has 0 unspecified atom stereocenters. The average Bonchev–Trinajstić information content (AvgIpc) is 3.08. The summed E-state index contributed by atoms with van der Waals surface area (Å²) in [6, 6.07) is 13.9. The number of hydrogen-bond donors (Lipinski definition) is 1. The third-order valence-electron chi connectivity index (χ3n) is 3.81. The molecule has 0 radical (unpaired) electrons. The minimum Gasteiger partial charge on any atom is -0.497 e. The lowest BCUT2D eigenvalue weighted by Crippen LogP contribution is -2.36. The number of nitrogens with one attached hydrogen (secondary N) is 1. The van der Waals surface area contributed by atoms with E-state index in [1.54, 1.807) is 7.11 Å². The lowest BCUT2D eigenvalue weighted by molar-refractivity contribution is 0.174. The second-order valence-electron chi connectivity index (χ2n) is 5.55. The van der Waals surface area contributed by atoms with Gasteiger partial charge in [0, 0.05) is 20.1 Å². The van der Waals surface area contributed by atoms with E-state index < -0.39 is 0 Å². The van der Waals surface area contributed by atoms with Crippen LogP contribution in [0.2, 0.25) is 0 Å². The maximum atomic E-state index is 5.46. The quantitative estimate of drug-likeness (QED) is 0.842. The standard InChI is InChI=1S/C18H20N2O3S/c1-20(11-13-3-6-15(21-2)7-4-13)18(24)19-10-14-5-8-16-17(9-14)23-12-22-16/h3-9H,10-12H2,1-2H3,(H,19,24). The van der Waals surface area contributed by atoms with Crippen molar-refractivity contribution in [3.8, 4) is 17.2 Å². The van der Waals surface area contributed by atoms with Crippen molar-refractivity contribution in [3.63, 3.8) is 0 Å². The van der Waals surface area contributed by atoms with Crippen LogP contribution in [-0.4, -0.2) is 31.0 Å². The highest BCUT2D eigenvalue weighted by molar-refractivity contribution is 7.80. The first-order valence-electron chi connectivity index (χ1n) is 7.66. The van der Waals surface area contributed by atoms with E-state index >= 15 is 0 Å². The Hall–Kier alpha value is -2.47. The second kappa shape index (κ2) is 7.40. The predicted molar refractivity (Wildman–Crippen MR) is 96.5 cm³/mol. The zero-order chi connectivity index (χ0) is 16.9. The largest absolute Gasteiger partial charge is 0.497 e. The summed E-state index contributed by atoms with van der Waals surface area (Å²) in [5.74, 6) is 2.43. The highest BCUT2D eigenvalue weighted by atomic mass is 32.1. The van der Waals surface area contributed by atoms with Gasteiger partial charge in [-0.3, -0.25) is 0 Å². The lowest BCUT2D eigenvalue weighted by atomic mass is 10.2. The van der Waals surface area contributed by atoms with Gasteiger partial charge in [0.1, 0.15) is 5.75 Å². The predicted octanol–water partition coefficient (Wildman–Crippen LogP) is 2.93. The summed E-state index contributed by atoms with van der Waals surface area (Å²) in [6.45, 7) is 1.66. The number of benzene rings is 2. The molecule has 0 aromatic heterocycles. The molecule has 1 aliphatic rings. The number of nitrogens with zero attached hydrogens (tertiary/aromatic N) is 1. The fourth-order valence-corrected chi connectivity index (χ4v) is 2.58. The SMILES string of the molecule is COc1ccc(CN(C)C(=S)NCc2ccc3c(c2)OCO3)cc1. The molecule has 0 bridgehead atoms. The van der Waals surface area contributed by atoms with Crippen molar-refractivity contribution in [1.29, 1.82) is 0 Å². The summed E-state index contributed by atoms with van der Waals surface area (Å²) in [7, 11) is 3.63. The van der Waals surface area contributed by atoms with Gasteiger partial charge in [-0.1, -0.05) is 18.2 Å². The molecule has 6 heteroatoms. The first kappa shape index (κ1) is 16.4. The third-order valence-corrected chi connectivity index (χ3v) is 4.26. The minimum atomic E-state index is 0.287. The van der Waals surface area contributed by atoms with Crippen LogP contribution in [-0.2, 0) is 13.1 Å². The number of fused-ring (bicyclic) bond motifs is 1. The topological polar surface area (TPSA) is 43.0 Å². The van der Waals surface area contributed by atoms with Crippen LogP contribution in [0.1, 0.15) is 11.1 Å². The number of thiocarbonyl (C=S) groups is 1. The Morgan fingerprint density at radius 3 is 2.58 bits per heavy atom. The molecule has 126 valence electrons. The Labute approximate surface area is 147 Å². The molecule has 0 atom stereocenters. The smallest absolute Gasteiger partial charge is 0.231 e. The minimum absolute atomic E-state index is 0.287. The molecule has 0 fully saturated rings. The van der Waals surface area contributed by atoms with Gasteiger partial charge in [0.15, 0.2) is 16.6 Å². The Bertz CT molecular complexity index is 719. The molecule has 0 amide bonds. The van der Waals surface area contributed by atoms with Crippen LogP contribution in [0.25, 0.3) is 0 Å². The summed E-state index contributed by atoms with van der Waals surface area (Å²) in [4.78, 5) is 2.00. The normalized spacial score (nSPS) is 11.9. The van der Waals surface area contributed by atoms with Crippen molar-refractivity contribution in [1.82, 2.24) is 10.2 Å². The molecule has 2 aromatic carbocycles. The van der Waals surface area contributed by atoms with E-state index in [4.69, 9.17) is 26.4 Å². The zero-order valence-electron chi connectivity index (χ0n) is 13.7. The van der Waals surface area contributed by atoms with Crippen molar-refractivity contribution in [3.05, 3.63) is 53.6 Å². The molecular weight excluding hydrogens is 324 g/mol. The molecule has 1 aliphatic heterocycles. The Kier molecular flexibility index (Phi) is 5.05. The van der Waals surface area contributed by atoms with Crippen LogP contribution >= 0.6 is 12.2 Å². The molecule has 0 spiro atoms. The van der Waals surface area contributed by atoms with Crippen LogP contribution in [0, 0.1) is 0 Å². The number of ether oxygens (including phenoxy) is 3. The monoisotopic (exact) mass is 344 g/mol. The summed E-state index contributed by atoms with van der Waals surface area (Å²) in [5, 5.41) is 3.97. The van der Waals surface area contributed by atoms with E-state index in [9.17, 15) is 0 Å². The second-order valence-corrected chi connectivity index (χ2v) is 5.94. The zero-order valence-corrected chi connectivity index (χ0v) is 14.6. The highest BCUT2D eigenvalue weighted by Crippen LogP contribution is 2.32. The van der Waals surface area contributed by atoms with E-state index in [0.29, 0.717) is 11.7 Å². The summed E-state index contributed by atoms with van der Waals surface area (Å²) in [6.07, 6.45) is 0. The number of rotatable bonds is 5. The number of hydrogen-bond acceptors (Lipinski definition) is 4. The Morgan fingerprint density at radius 1 is 1.12 bits per heavy atom. The molecule has 5 nitrogen and oxygen atoms in total. The molecule has 3 rings (SSSR count). The summed E-state index contributed by atoms with van der Waals surface area (Å²) in [5.41, 5.74) is 2.27. The first-order valence-corrected chi connectivity index (χ1v) is 8.07. The summed E-state index contributed by atoms with van der Waals surface area (Å²) >= 11 is 5.46. The van der Waals surface area contributed by atoms with Crippen LogP contribution in [0.3, 0.4) is 0 Å². The fraction of sp³-hybridized carbons (Fsp3) is 0.278. The van der Waals surface area contributed by atoms with E-state index in [1.807, 2.05) is 54.4 Å². The van der Waals surface area contributed by atoms with Crippen LogP contribution in [0.4, 0.5) is 0 Å². The fourth-order valence-electron chi connectivity index (χ4n) is 2.44. The van der Waals surface area contributed by atoms with E-state index in [0.717, 1.165) is 29.4 Å². The van der Waals surface area contributed by atoms with Gasteiger partial charge in [-0.2, -0.15) is 0 Å². The molecule has 24 heavy (non-hydrogen) atoms. The number of methoxy groups -OCH3 is 1. The molecule has 0 aliphatic carbocycles. The first-order chi connectivity index (χ1) is 11.7. The van der Waals surface area contributed by atoms with Crippen LogP contribution < -0.4 is 19.5 Å². The Balaban J connectivity index is 1.52. The Morgan fingerprint density at radius 2 is 1.83 bits per heavy atom. The maximum absolute atomic E-state index is 5.46. The average molecular weight is 344 g/mol. The van der Waals surface area contributed by atoms with Gasteiger partial charge in [0.25, 0.3) is 0 Å². The van der Waals surface area contributed by atoms with Gasteiger partial charge in [0.2, 0.25) is 6.79 Å². The van der Waals surface area contributed by atoms with Gasteiger partial charge in [-0.05, 0) is 47.6 Å². The lowest BCUT2D eigenvalue weighted by Gasteiger charge is -2.21. The van der Waals surface area contributed by atoms with E-state index in [-0.39, 0.29) is 6.79 Å². The van der Waals surface area contributed by atoms with Crippen molar-refractivity contribution in [2.75, 3.05) is 21.0 Å². The van der Waals surface area contributed by atoms with Gasteiger partial charge >= 0.3 is 0 Å². The van der Waals surface area contributed by atoms with Gasteiger partial charge in [-0.25, -0.2) is 0 Å². The molecule has 1 heterocycles. The van der Waals surface area contributed by atoms with Crippen molar-refractivity contribution < 1.29 is 14.2 Å². The van der Waals surface area contributed by atoms with Gasteiger partial charge < -0.3 is 24.4 Å². The summed E-state index contributed by atoms with van der Waals surface area (Å²) < 4.78 is 15.9. The van der Waals surface area contributed by atoms with Crippen molar-refractivity contribution in [2.45, 2.75) is 13.1 Å². The molecule has 1 N–H and O–H groups in total. The maximum Gasteiger partial charge on any atom is 0.231 e. The van der Waals surface area contributed by atoms with Gasteiger partial charge in [0.05, 0.1) is 7.11 Å². The molecular formula is C18H20N2O3S. The highest BCUT2D eigenvalue weighted by Gasteiger charge is 2.13.